The molecule has 2 aliphatic heterocycles. The van der Waals surface area contributed by atoms with Gasteiger partial charge in [0.05, 0.1) is 6.54 Å². The van der Waals surface area contributed by atoms with Crippen LogP contribution in [0.25, 0.3) is 0 Å². The van der Waals surface area contributed by atoms with Gasteiger partial charge in [0.15, 0.2) is 0 Å². The number of likely N-dealkylation sites (tertiary alicyclic amines) is 1. The maximum Gasteiger partial charge on any atom is 0.332 e. The monoisotopic (exact) mass is 434 g/mol. The smallest absolute Gasteiger partial charge is 0.298 e. The normalized spacial score (nSPS) is 20.2. The molecule has 0 bridgehead atoms. The SMILES string of the molecule is Cc1cc(C)cc(CN2CC[C@@]3(Cc4nn(Cc5ccc(F)cc5)c(=O)c(=O)n4C3)C2)c1. The average Bonchev–Trinajstić information content (AvgIpc) is 3.29. The van der Waals surface area contributed by atoms with Gasteiger partial charge in [-0.3, -0.25) is 19.1 Å². The van der Waals surface area contributed by atoms with Crippen LogP contribution in [0.1, 0.15) is 34.5 Å². The van der Waals surface area contributed by atoms with Crippen LogP contribution in [0.4, 0.5) is 4.39 Å². The van der Waals surface area contributed by atoms with E-state index in [4.69, 9.17) is 0 Å². The van der Waals surface area contributed by atoms with Crippen molar-refractivity contribution in [2.45, 2.75) is 46.3 Å². The van der Waals surface area contributed by atoms with Crippen LogP contribution in [0.2, 0.25) is 0 Å². The van der Waals surface area contributed by atoms with Crippen LogP contribution >= 0.6 is 0 Å². The van der Waals surface area contributed by atoms with Crippen molar-refractivity contribution in [3.63, 3.8) is 0 Å². The molecule has 7 heteroatoms. The second kappa shape index (κ2) is 7.81. The Labute approximate surface area is 185 Å². The molecule has 2 aliphatic rings. The Balaban J connectivity index is 1.35. The van der Waals surface area contributed by atoms with E-state index in [1.54, 1.807) is 16.7 Å². The largest absolute Gasteiger partial charge is 0.332 e. The lowest BCUT2D eigenvalue weighted by atomic mass is 9.86. The van der Waals surface area contributed by atoms with Gasteiger partial charge in [-0.2, -0.15) is 5.10 Å². The molecule has 0 radical (unpaired) electrons. The molecule has 0 aliphatic carbocycles. The summed E-state index contributed by atoms with van der Waals surface area (Å²) < 4.78 is 16.0. The fourth-order valence-corrected chi connectivity index (χ4v) is 5.33. The predicted octanol–water partition coefficient (Wildman–Crippen LogP) is 2.66. The van der Waals surface area contributed by atoms with Crippen molar-refractivity contribution < 1.29 is 4.39 Å². The zero-order chi connectivity index (χ0) is 22.5. The zero-order valence-electron chi connectivity index (χ0n) is 18.5. The van der Waals surface area contributed by atoms with E-state index in [0.29, 0.717) is 18.8 Å². The fraction of sp³-hybridized carbons (Fsp3) is 0.400. The summed E-state index contributed by atoms with van der Waals surface area (Å²) in [7, 11) is 0. The highest BCUT2D eigenvalue weighted by Crippen LogP contribution is 2.39. The van der Waals surface area contributed by atoms with Crippen LogP contribution in [-0.2, 0) is 26.1 Å². The van der Waals surface area contributed by atoms with Gasteiger partial charge in [-0.05, 0) is 50.1 Å². The minimum Gasteiger partial charge on any atom is -0.298 e. The van der Waals surface area contributed by atoms with E-state index in [1.165, 1.54) is 33.5 Å². The Morgan fingerprint density at radius 3 is 2.38 bits per heavy atom. The van der Waals surface area contributed by atoms with Crippen LogP contribution in [0.3, 0.4) is 0 Å². The van der Waals surface area contributed by atoms with Gasteiger partial charge in [0.2, 0.25) is 0 Å². The molecule has 1 fully saturated rings. The number of nitrogens with zero attached hydrogens (tertiary/aromatic N) is 4. The second-order valence-corrected chi connectivity index (χ2v) is 9.53. The van der Waals surface area contributed by atoms with Crippen molar-refractivity contribution in [3.8, 4) is 0 Å². The number of rotatable bonds is 4. The standard InChI is InChI=1S/C25H27FN4O2/c1-17-9-18(2)11-20(10-17)13-28-8-7-25(15-28)12-22-27-30(24(32)23(31)29(22)16-25)14-19-3-5-21(26)6-4-19/h3-6,9-11H,7-8,12-16H2,1-2H3/t25-/m1/s1. The minimum atomic E-state index is -0.625. The molecule has 166 valence electrons. The van der Waals surface area contributed by atoms with Crippen molar-refractivity contribution in [2.24, 2.45) is 5.41 Å². The summed E-state index contributed by atoms with van der Waals surface area (Å²) in [5.74, 6) is 0.335. The van der Waals surface area contributed by atoms with E-state index >= 15 is 0 Å². The minimum absolute atomic E-state index is 0.0560. The van der Waals surface area contributed by atoms with Gasteiger partial charge < -0.3 is 0 Å². The summed E-state index contributed by atoms with van der Waals surface area (Å²) in [6, 6.07) is 12.6. The summed E-state index contributed by atoms with van der Waals surface area (Å²) in [5.41, 5.74) is 3.39. The predicted molar refractivity (Wildman–Crippen MR) is 120 cm³/mol. The number of benzene rings is 2. The van der Waals surface area contributed by atoms with Gasteiger partial charge in [-0.1, -0.05) is 41.5 Å². The van der Waals surface area contributed by atoms with E-state index < -0.39 is 11.1 Å². The highest BCUT2D eigenvalue weighted by Gasteiger charge is 2.44. The van der Waals surface area contributed by atoms with E-state index in [1.807, 2.05) is 0 Å². The Hall–Kier alpha value is -3.06. The molecule has 6 nitrogen and oxygen atoms in total. The summed E-state index contributed by atoms with van der Waals surface area (Å²) in [6.45, 7) is 7.69. The quantitative estimate of drug-likeness (QED) is 0.593. The van der Waals surface area contributed by atoms with E-state index in [-0.39, 0.29) is 17.8 Å². The molecule has 1 spiro atoms. The van der Waals surface area contributed by atoms with E-state index in [2.05, 4.69) is 42.0 Å². The van der Waals surface area contributed by atoms with Crippen molar-refractivity contribution in [1.82, 2.24) is 19.2 Å². The fourth-order valence-electron chi connectivity index (χ4n) is 5.33. The molecule has 3 heterocycles. The topological polar surface area (TPSA) is 60.1 Å². The van der Waals surface area contributed by atoms with Crippen LogP contribution in [0.5, 0.6) is 0 Å². The second-order valence-electron chi connectivity index (χ2n) is 9.53. The van der Waals surface area contributed by atoms with E-state index in [9.17, 15) is 14.0 Å². The summed E-state index contributed by atoms with van der Waals surface area (Å²) in [6.07, 6.45) is 1.67. The number of aromatic nitrogens is 3. The molecular weight excluding hydrogens is 407 g/mol. The lowest BCUT2D eigenvalue weighted by Crippen LogP contribution is -2.43. The third-order valence-electron chi connectivity index (χ3n) is 6.69. The molecule has 0 N–H and O–H groups in total. The first-order chi connectivity index (χ1) is 15.3. The lowest BCUT2D eigenvalue weighted by molar-refractivity contribution is 0.246. The van der Waals surface area contributed by atoms with Crippen molar-refractivity contribution in [2.75, 3.05) is 13.1 Å². The van der Waals surface area contributed by atoms with Crippen LogP contribution in [-0.4, -0.2) is 32.3 Å². The zero-order valence-corrected chi connectivity index (χ0v) is 18.5. The first kappa shape index (κ1) is 20.8. The van der Waals surface area contributed by atoms with Crippen LogP contribution < -0.4 is 11.1 Å². The Bertz CT molecular complexity index is 1270. The molecule has 0 saturated carbocycles. The molecule has 0 unspecified atom stereocenters. The highest BCUT2D eigenvalue weighted by atomic mass is 19.1. The number of hydrogen-bond donors (Lipinski definition) is 0. The molecule has 0 amide bonds. The Kier molecular flexibility index (Phi) is 5.08. The van der Waals surface area contributed by atoms with E-state index in [0.717, 1.165) is 31.6 Å². The van der Waals surface area contributed by atoms with Crippen molar-refractivity contribution >= 4 is 0 Å². The van der Waals surface area contributed by atoms with Crippen molar-refractivity contribution in [1.29, 1.82) is 0 Å². The number of fused-ring (bicyclic) bond motifs is 1. The van der Waals surface area contributed by atoms with Gasteiger partial charge in [0, 0.05) is 31.5 Å². The van der Waals surface area contributed by atoms with Gasteiger partial charge >= 0.3 is 11.1 Å². The van der Waals surface area contributed by atoms with Crippen LogP contribution in [0, 0.1) is 25.1 Å². The number of hydrogen-bond acceptors (Lipinski definition) is 4. The maximum absolute atomic E-state index is 13.2. The number of halogens is 1. The first-order valence-corrected chi connectivity index (χ1v) is 11.1. The summed E-state index contributed by atoms with van der Waals surface area (Å²) in [4.78, 5) is 27.9. The molecule has 1 saturated heterocycles. The highest BCUT2D eigenvalue weighted by molar-refractivity contribution is 5.28. The Morgan fingerprint density at radius 1 is 0.938 bits per heavy atom. The third-order valence-corrected chi connectivity index (χ3v) is 6.69. The summed E-state index contributed by atoms with van der Waals surface area (Å²) in [5, 5.41) is 4.54. The molecule has 32 heavy (non-hydrogen) atoms. The maximum atomic E-state index is 13.2. The number of aryl methyl sites for hydroxylation is 2. The third kappa shape index (κ3) is 3.93. The lowest BCUT2D eigenvalue weighted by Gasteiger charge is -2.23. The molecule has 3 aromatic rings. The van der Waals surface area contributed by atoms with Gasteiger partial charge in [-0.15, -0.1) is 0 Å². The first-order valence-electron chi connectivity index (χ1n) is 11.1. The van der Waals surface area contributed by atoms with Gasteiger partial charge in [0.25, 0.3) is 0 Å². The van der Waals surface area contributed by atoms with Gasteiger partial charge in [0.1, 0.15) is 11.6 Å². The molecule has 1 atom stereocenters. The van der Waals surface area contributed by atoms with Crippen molar-refractivity contribution in [3.05, 3.63) is 97.1 Å². The van der Waals surface area contributed by atoms with Gasteiger partial charge in [-0.25, -0.2) is 9.07 Å². The molecule has 5 rings (SSSR count). The molecule has 2 aromatic carbocycles. The Morgan fingerprint density at radius 2 is 1.66 bits per heavy atom. The summed E-state index contributed by atoms with van der Waals surface area (Å²) >= 11 is 0. The average molecular weight is 435 g/mol. The molecule has 1 aromatic heterocycles. The molecular formula is C25H27FN4O2. The van der Waals surface area contributed by atoms with Crippen LogP contribution in [0.15, 0.2) is 52.1 Å².